The lowest BCUT2D eigenvalue weighted by molar-refractivity contribution is -0.118. The molecule has 0 bridgehead atoms. The number of amides is 1. The maximum atomic E-state index is 11.8. The van der Waals surface area contributed by atoms with Crippen LogP contribution in [0.3, 0.4) is 0 Å². The van der Waals surface area contributed by atoms with Gasteiger partial charge in [0.15, 0.2) is 5.13 Å². The number of carbonyl (C=O) groups excluding carboxylic acids is 1. The van der Waals surface area contributed by atoms with Gasteiger partial charge in [-0.25, -0.2) is 4.98 Å². The fourth-order valence-corrected chi connectivity index (χ4v) is 2.99. The Hall–Kier alpha value is -1.96. The van der Waals surface area contributed by atoms with E-state index < -0.39 is 6.04 Å². The number of thiazole rings is 1. The molecule has 1 aromatic heterocycles. The fraction of sp³-hybridized carbons (Fsp3) is 0.333. The molecule has 1 aromatic carbocycles. The number of nitrogens with zero attached hydrogens (tertiary/aromatic N) is 1. The molecule has 1 atom stereocenters. The molecule has 2 heterocycles. The summed E-state index contributed by atoms with van der Waals surface area (Å²) in [5.74, 6) is 0.642. The molecular formula is C15H17N3O3S. The summed E-state index contributed by atoms with van der Waals surface area (Å²) in [7, 11) is 1.51. The Morgan fingerprint density at radius 1 is 1.59 bits per heavy atom. The normalized spacial score (nSPS) is 14.3. The van der Waals surface area contributed by atoms with E-state index in [0.29, 0.717) is 5.13 Å². The average Bonchev–Trinajstić information content (AvgIpc) is 3.15. The van der Waals surface area contributed by atoms with Crippen molar-refractivity contribution in [2.24, 2.45) is 5.73 Å². The highest BCUT2D eigenvalue weighted by Gasteiger charge is 2.16. The maximum Gasteiger partial charge on any atom is 0.245 e. The largest absolute Gasteiger partial charge is 0.493 e. The minimum atomic E-state index is -0.700. The summed E-state index contributed by atoms with van der Waals surface area (Å²) in [4.78, 5) is 16.3. The molecule has 3 rings (SSSR count). The van der Waals surface area contributed by atoms with Gasteiger partial charge in [-0.3, -0.25) is 4.79 Å². The van der Waals surface area contributed by atoms with E-state index >= 15 is 0 Å². The number of benzene rings is 1. The van der Waals surface area contributed by atoms with Crippen molar-refractivity contribution in [1.29, 1.82) is 0 Å². The minimum absolute atomic E-state index is 0.175. The van der Waals surface area contributed by atoms with E-state index in [-0.39, 0.29) is 12.5 Å². The number of hydrogen-bond donors (Lipinski definition) is 2. The van der Waals surface area contributed by atoms with Crippen LogP contribution in [-0.4, -0.2) is 37.3 Å². The van der Waals surface area contributed by atoms with Crippen LogP contribution in [-0.2, 0) is 16.0 Å². The van der Waals surface area contributed by atoms with E-state index in [4.69, 9.17) is 15.2 Å². The quantitative estimate of drug-likeness (QED) is 0.875. The van der Waals surface area contributed by atoms with E-state index in [1.54, 1.807) is 0 Å². The molecule has 3 N–H and O–H groups in total. The highest BCUT2D eigenvalue weighted by atomic mass is 32.1. The Kier molecular flexibility index (Phi) is 4.37. The van der Waals surface area contributed by atoms with Gasteiger partial charge in [0.2, 0.25) is 5.91 Å². The fourth-order valence-electron chi connectivity index (χ4n) is 2.26. The smallest absolute Gasteiger partial charge is 0.245 e. The molecule has 0 saturated carbocycles. The third-order valence-corrected chi connectivity index (χ3v) is 4.16. The lowest BCUT2D eigenvalue weighted by Crippen LogP contribution is -2.39. The summed E-state index contributed by atoms with van der Waals surface area (Å²) < 4.78 is 10.4. The molecular weight excluding hydrogens is 302 g/mol. The van der Waals surface area contributed by atoms with Gasteiger partial charge >= 0.3 is 0 Å². The van der Waals surface area contributed by atoms with Crippen LogP contribution < -0.4 is 15.8 Å². The van der Waals surface area contributed by atoms with Crippen LogP contribution in [0.15, 0.2) is 23.6 Å². The third-order valence-electron chi connectivity index (χ3n) is 3.40. The zero-order valence-electron chi connectivity index (χ0n) is 12.2. The van der Waals surface area contributed by atoms with Crippen molar-refractivity contribution in [3.8, 4) is 17.0 Å². The summed E-state index contributed by atoms with van der Waals surface area (Å²) in [5.41, 5.74) is 8.72. The monoisotopic (exact) mass is 319 g/mol. The molecule has 0 spiro atoms. The Bertz CT molecular complexity index is 686. The number of anilines is 1. The first-order chi connectivity index (χ1) is 10.7. The molecule has 1 amide bonds. The summed E-state index contributed by atoms with van der Waals surface area (Å²) >= 11 is 1.37. The standard InChI is InChI=1S/C15H17N3O3S/c1-20-7-11(16)14(19)18-15-17-12(8-22-15)9-2-3-13-10(6-9)4-5-21-13/h2-3,6,8,11H,4-5,7,16H2,1H3,(H,17,18,19). The summed E-state index contributed by atoms with van der Waals surface area (Å²) in [6, 6.07) is 5.32. The predicted octanol–water partition coefficient (Wildman–Crippen LogP) is 1.66. The van der Waals surface area contributed by atoms with E-state index in [1.807, 2.05) is 17.5 Å². The van der Waals surface area contributed by atoms with E-state index in [0.717, 1.165) is 30.0 Å². The van der Waals surface area contributed by atoms with Gasteiger partial charge in [-0.15, -0.1) is 11.3 Å². The summed E-state index contributed by atoms with van der Waals surface area (Å²) in [5, 5.41) is 5.15. The predicted molar refractivity (Wildman–Crippen MR) is 85.2 cm³/mol. The second-order valence-corrected chi connectivity index (χ2v) is 5.87. The van der Waals surface area contributed by atoms with Crippen LogP contribution in [0.4, 0.5) is 5.13 Å². The number of fused-ring (bicyclic) bond motifs is 1. The molecule has 1 aliphatic heterocycles. The van der Waals surface area contributed by atoms with E-state index in [2.05, 4.69) is 16.4 Å². The summed E-state index contributed by atoms with van der Waals surface area (Å²) in [6.07, 6.45) is 0.919. The van der Waals surface area contributed by atoms with Gasteiger partial charge in [0, 0.05) is 24.5 Å². The highest BCUT2D eigenvalue weighted by molar-refractivity contribution is 7.14. The molecule has 0 saturated heterocycles. The molecule has 0 aliphatic carbocycles. The van der Waals surface area contributed by atoms with Crippen molar-refractivity contribution >= 4 is 22.4 Å². The van der Waals surface area contributed by atoms with Crippen LogP contribution in [0.5, 0.6) is 5.75 Å². The number of rotatable bonds is 5. The number of nitrogens with two attached hydrogens (primary N) is 1. The van der Waals surface area contributed by atoms with Crippen LogP contribution in [0, 0.1) is 0 Å². The van der Waals surface area contributed by atoms with Gasteiger partial charge in [-0.05, 0) is 23.8 Å². The number of aromatic nitrogens is 1. The van der Waals surface area contributed by atoms with Crippen molar-refractivity contribution in [2.75, 3.05) is 25.6 Å². The molecule has 6 nitrogen and oxygen atoms in total. The molecule has 0 fully saturated rings. The lowest BCUT2D eigenvalue weighted by atomic mass is 10.1. The average molecular weight is 319 g/mol. The SMILES string of the molecule is COCC(N)C(=O)Nc1nc(-c2ccc3c(c2)CCO3)cs1. The van der Waals surface area contributed by atoms with Crippen LogP contribution in [0.25, 0.3) is 11.3 Å². The van der Waals surface area contributed by atoms with Gasteiger partial charge in [0.25, 0.3) is 0 Å². The number of nitrogens with one attached hydrogen (secondary N) is 1. The number of hydrogen-bond acceptors (Lipinski definition) is 6. The molecule has 1 aliphatic rings. The first-order valence-electron chi connectivity index (χ1n) is 6.94. The molecule has 116 valence electrons. The zero-order valence-corrected chi connectivity index (χ0v) is 13.0. The first-order valence-corrected chi connectivity index (χ1v) is 7.82. The Morgan fingerprint density at radius 2 is 2.45 bits per heavy atom. The van der Waals surface area contributed by atoms with Crippen molar-refractivity contribution < 1.29 is 14.3 Å². The van der Waals surface area contributed by atoms with Crippen LogP contribution in [0.2, 0.25) is 0 Å². The maximum absolute atomic E-state index is 11.8. The second kappa shape index (κ2) is 6.43. The molecule has 1 unspecified atom stereocenters. The lowest BCUT2D eigenvalue weighted by Gasteiger charge is -2.08. The van der Waals surface area contributed by atoms with Crippen molar-refractivity contribution in [2.45, 2.75) is 12.5 Å². The highest BCUT2D eigenvalue weighted by Crippen LogP contribution is 2.31. The number of methoxy groups -OCH3 is 1. The molecule has 7 heteroatoms. The van der Waals surface area contributed by atoms with Crippen molar-refractivity contribution in [1.82, 2.24) is 4.98 Å². The second-order valence-electron chi connectivity index (χ2n) is 5.01. The number of carbonyl (C=O) groups is 1. The van der Waals surface area contributed by atoms with Gasteiger partial charge in [-0.1, -0.05) is 0 Å². The zero-order chi connectivity index (χ0) is 15.5. The van der Waals surface area contributed by atoms with Gasteiger partial charge in [0.05, 0.1) is 18.9 Å². The van der Waals surface area contributed by atoms with Gasteiger partial charge < -0.3 is 20.5 Å². The van der Waals surface area contributed by atoms with Gasteiger partial charge in [-0.2, -0.15) is 0 Å². The Balaban J connectivity index is 1.72. The number of ether oxygens (including phenoxy) is 2. The minimum Gasteiger partial charge on any atom is -0.493 e. The third kappa shape index (κ3) is 3.11. The van der Waals surface area contributed by atoms with Gasteiger partial charge in [0.1, 0.15) is 11.8 Å². The molecule has 0 radical (unpaired) electrons. The van der Waals surface area contributed by atoms with Crippen LogP contribution in [0.1, 0.15) is 5.56 Å². The molecule has 22 heavy (non-hydrogen) atoms. The van der Waals surface area contributed by atoms with Crippen LogP contribution >= 0.6 is 11.3 Å². The first kappa shape index (κ1) is 15.0. The Labute approximate surface area is 132 Å². The van der Waals surface area contributed by atoms with Crippen molar-refractivity contribution in [3.63, 3.8) is 0 Å². The Morgan fingerprint density at radius 3 is 3.27 bits per heavy atom. The van der Waals surface area contributed by atoms with E-state index in [9.17, 15) is 4.79 Å². The molecule has 2 aromatic rings. The summed E-state index contributed by atoms with van der Waals surface area (Å²) in [6.45, 7) is 0.906. The van der Waals surface area contributed by atoms with E-state index in [1.165, 1.54) is 24.0 Å². The van der Waals surface area contributed by atoms with Crippen molar-refractivity contribution in [3.05, 3.63) is 29.1 Å². The topological polar surface area (TPSA) is 86.5 Å².